The number of benzene rings is 2. The first-order valence-corrected chi connectivity index (χ1v) is 8.12. The molecule has 122 valence electrons. The van der Waals surface area contributed by atoms with E-state index < -0.39 is 0 Å². The largest absolute Gasteiger partial charge is 0.497 e. The number of carbonyl (C=O) groups excluding carboxylic acids is 1. The van der Waals surface area contributed by atoms with E-state index in [2.05, 4.69) is 5.32 Å². The lowest BCUT2D eigenvalue weighted by molar-refractivity contribution is -0.113. The molecule has 0 aromatic heterocycles. The van der Waals surface area contributed by atoms with Gasteiger partial charge in [0, 0.05) is 11.8 Å². The van der Waals surface area contributed by atoms with Gasteiger partial charge < -0.3 is 14.8 Å². The minimum Gasteiger partial charge on any atom is -0.497 e. The first kappa shape index (κ1) is 17.1. The van der Waals surface area contributed by atoms with E-state index in [0.717, 1.165) is 0 Å². The van der Waals surface area contributed by atoms with Crippen LogP contribution in [0.25, 0.3) is 0 Å². The second kappa shape index (κ2) is 8.43. The Balaban J connectivity index is 1.91. The summed E-state index contributed by atoms with van der Waals surface area (Å²) in [5.41, 5.74) is 1.13. The van der Waals surface area contributed by atoms with Crippen LogP contribution < -0.4 is 14.8 Å². The third kappa shape index (κ3) is 4.89. The summed E-state index contributed by atoms with van der Waals surface area (Å²) in [6.45, 7) is 0. The Labute approximate surface area is 139 Å². The van der Waals surface area contributed by atoms with Crippen molar-refractivity contribution in [1.29, 1.82) is 0 Å². The molecule has 0 aliphatic rings. The molecule has 0 saturated heterocycles. The van der Waals surface area contributed by atoms with Crippen molar-refractivity contribution in [3.8, 4) is 11.5 Å². The van der Waals surface area contributed by atoms with Crippen LogP contribution in [0.2, 0.25) is 0 Å². The smallest absolute Gasteiger partial charge is 0.234 e. The van der Waals surface area contributed by atoms with Crippen LogP contribution in [-0.4, -0.2) is 25.9 Å². The number of rotatable bonds is 7. The van der Waals surface area contributed by atoms with Crippen molar-refractivity contribution in [2.45, 2.75) is 5.75 Å². The summed E-state index contributed by atoms with van der Waals surface area (Å²) in [6, 6.07) is 11.7. The highest BCUT2D eigenvalue weighted by atomic mass is 32.2. The van der Waals surface area contributed by atoms with Gasteiger partial charge in [0.15, 0.2) is 0 Å². The maximum atomic E-state index is 13.5. The molecule has 0 aliphatic carbocycles. The number of ether oxygens (including phenoxy) is 2. The van der Waals surface area contributed by atoms with Gasteiger partial charge in [-0.2, -0.15) is 0 Å². The van der Waals surface area contributed by atoms with Gasteiger partial charge in [0.2, 0.25) is 5.91 Å². The van der Waals surface area contributed by atoms with Crippen molar-refractivity contribution in [2.24, 2.45) is 0 Å². The zero-order valence-corrected chi connectivity index (χ0v) is 13.8. The normalized spacial score (nSPS) is 10.2. The van der Waals surface area contributed by atoms with Gasteiger partial charge in [-0.3, -0.25) is 4.79 Å². The lowest BCUT2D eigenvalue weighted by Gasteiger charge is -2.11. The fourth-order valence-corrected chi connectivity index (χ4v) is 2.78. The van der Waals surface area contributed by atoms with Gasteiger partial charge in [-0.1, -0.05) is 18.2 Å². The van der Waals surface area contributed by atoms with Crippen molar-refractivity contribution >= 4 is 23.4 Å². The predicted molar refractivity (Wildman–Crippen MR) is 90.7 cm³/mol. The first-order chi connectivity index (χ1) is 11.1. The predicted octanol–water partition coefficient (Wildman–Crippen LogP) is 3.71. The van der Waals surface area contributed by atoms with E-state index >= 15 is 0 Å². The highest BCUT2D eigenvalue weighted by molar-refractivity contribution is 7.99. The van der Waals surface area contributed by atoms with Crippen LogP contribution in [0, 0.1) is 5.82 Å². The molecule has 4 nitrogen and oxygen atoms in total. The van der Waals surface area contributed by atoms with E-state index in [4.69, 9.17) is 9.47 Å². The van der Waals surface area contributed by atoms with Gasteiger partial charge in [0.1, 0.15) is 17.3 Å². The van der Waals surface area contributed by atoms with Crippen LogP contribution in [-0.2, 0) is 10.5 Å². The van der Waals surface area contributed by atoms with Gasteiger partial charge in [0.05, 0.1) is 25.7 Å². The molecule has 0 atom stereocenters. The molecule has 0 saturated carbocycles. The van der Waals surface area contributed by atoms with Gasteiger partial charge in [0.25, 0.3) is 0 Å². The van der Waals surface area contributed by atoms with Crippen LogP contribution in [0.5, 0.6) is 11.5 Å². The van der Waals surface area contributed by atoms with Gasteiger partial charge in [-0.15, -0.1) is 11.8 Å². The Morgan fingerprint density at radius 1 is 1.17 bits per heavy atom. The van der Waals surface area contributed by atoms with E-state index in [1.54, 1.807) is 43.5 Å². The number of hydrogen-bond acceptors (Lipinski definition) is 4. The Hall–Kier alpha value is -2.21. The molecule has 0 heterocycles. The number of hydrogen-bond donors (Lipinski definition) is 1. The number of carbonyl (C=O) groups is 1. The number of thioether (sulfide) groups is 1. The first-order valence-electron chi connectivity index (χ1n) is 6.97. The lowest BCUT2D eigenvalue weighted by atomic mass is 10.2. The number of methoxy groups -OCH3 is 2. The number of nitrogens with one attached hydrogen (secondary N) is 1. The van der Waals surface area contributed by atoms with Crippen molar-refractivity contribution in [2.75, 3.05) is 25.3 Å². The van der Waals surface area contributed by atoms with Gasteiger partial charge in [-0.05, 0) is 23.8 Å². The molecule has 6 heteroatoms. The summed E-state index contributed by atoms with van der Waals surface area (Å²) in [5, 5.41) is 2.78. The summed E-state index contributed by atoms with van der Waals surface area (Å²) in [5.74, 6) is 1.40. The average Bonchev–Trinajstić information content (AvgIpc) is 2.56. The van der Waals surface area contributed by atoms with Crippen LogP contribution in [0.3, 0.4) is 0 Å². The second-order valence-electron chi connectivity index (χ2n) is 4.70. The standard InChI is InChI=1S/C17H18FNO3S/c1-21-13-7-8-16(22-2)15(9-13)19-17(20)11-23-10-12-5-3-4-6-14(12)18/h3-9H,10-11H2,1-2H3,(H,19,20). The molecular weight excluding hydrogens is 317 g/mol. The molecule has 1 amide bonds. The topological polar surface area (TPSA) is 47.6 Å². The molecule has 1 N–H and O–H groups in total. The van der Waals surface area contributed by atoms with Crippen molar-refractivity contribution in [3.63, 3.8) is 0 Å². The van der Waals surface area contributed by atoms with Gasteiger partial charge in [-0.25, -0.2) is 4.39 Å². The summed E-state index contributed by atoms with van der Waals surface area (Å²) >= 11 is 1.35. The minimum atomic E-state index is -0.255. The minimum absolute atomic E-state index is 0.183. The summed E-state index contributed by atoms with van der Waals surface area (Å²) in [7, 11) is 3.09. The molecule has 0 fully saturated rings. The second-order valence-corrected chi connectivity index (χ2v) is 5.68. The van der Waals surface area contributed by atoms with Crippen LogP contribution in [0.15, 0.2) is 42.5 Å². The molecule has 0 bridgehead atoms. The molecular formula is C17H18FNO3S. The summed E-state index contributed by atoms with van der Waals surface area (Å²) < 4.78 is 23.8. The SMILES string of the molecule is COc1ccc(OC)c(NC(=O)CSCc2ccccc2F)c1. The molecule has 0 radical (unpaired) electrons. The number of halogens is 1. The Morgan fingerprint density at radius 3 is 2.65 bits per heavy atom. The maximum Gasteiger partial charge on any atom is 0.234 e. The van der Waals surface area contributed by atoms with E-state index in [1.165, 1.54) is 24.9 Å². The van der Waals surface area contributed by atoms with E-state index in [1.807, 2.05) is 0 Å². The molecule has 0 aliphatic heterocycles. The zero-order valence-electron chi connectivity index (χ0n) is 13.0. The molecule has 0 spiro atoms. The quantitative estimate of drug-likeness (QED) is 0.838. The summed E-state index contributed by atoms with van der Waals surface area (Å²) in [4.78, 5) is 12.0. The molecule has 0 unspecified atom stereocenters. The van der Waals surface area contributed by atoms with E-state index in [0.29, 0.717) is 28.5 Å². The highest BCUT2D eigenvalue weighted by Gasteiger charge is 2.10. The Morgan fingerprint density at radius 2 is 1.96 bits per heavy atom. The molecule has 2 rings (SSSR count). The zero-order chi connectivity index (χ0) is 16.7. The molecule has 2 aromatic carbocycles. The monoisotopic (exact) mass is 335 g/mol. The Kier molecular flexibility index (Phi) is 6.29. The van der Waals surface area contributed by atoms with Crippen LogP contribution in [0.4, 0.5) is 10.1 Å². The summed E-state index contributed by atoms with van der Waals surface area (Å²) in [6.07, 6.45) is 0. The van der Waals surface area contributed by atoms with Crippen LogP contribution in [0.1, 0.15) is 5.56 Å². The number of anilines is 1. The fourth-order valence-electron chi connectivity index (χ4n) is 1.97. The highest BCUT2D eigenvalue weighted by Crippen LogP contribution is 2.29. The van der Waals surface area contributed by atoms with Crippen molar-refractivity contribution in [1.82, 2.24) is 0 Å². The molecule has 23 heavy (non-hydrogen) atoms. The third-order valence-electron chi connectivity index (χ3n) is 3.13. The third-order valence-corrected chi connectivity index (χ3v) is 4.11. The van der Waals surface area contributed by atoms with E-state index in [9.17, 15) is 9.18 Å². The van der Waals surface area contributed by atoms with E-state index in [-0.39, 0.29) is 17.5 Å². The fraction of sp³-hybridized carbons (Fsp3) is 0.235. The Bertz CT molecular complexity index is 679. The van der Waals surface area contributed by atoms with Gasteiger partial charge >= 0.3 is 0 Å². The maximum absolute atomic E-state index is 13.5. The van der Waals surface area contributed by atoms with Crippen molar-refractivity contribution < 1.29 is 18.7 Å². The lowest BCUT2D eigenvalue weighted by Crippen LogP contribution is -2.15. The van der Waals surface area contributed by atoms with Crippen molar-refractivity contribution in [3.05, 3.63) is 53.8 Å². The number of amides is 1. The van der Waals surface area contributed by atoms with Crippen LogP contribution >= 0.6 is 11.8 Å². The average molecular weight is 335 g/mol. The molecule has 2 aromatic rings.